The monoisotopic (exact) mass is 777 g/mol. The Morgan fingerprint density at radius 2 is 0.600 bits per heavy atom. The molecule has 6 nitrogen and oxygen atoms in total. The molecule has 6 heteroatoms. The number of esters is 3. The second-order valence-corrected chi connectivity index (χ2v) is 16.4. The molecule has 1 atom stereocenters. The maximum absolute atomic E-state index is 12.7. The van der Waals surface area contributed by atoms with Gasteiger partial charge in [0, 0.05) is 19.3 Å². The summed E-state index contributed by atoms with van der Waals surface area (Å²) >= 11 is 0. The molecule has 0 heterocycles. The van der Waals surface area contributed by atoms with Crippen molar-refractivity contribution in [3.05, 3.63) is 12.2 Å². The normalized spacial score (nSPS) is 12.0. The Morgan fingerprint density at radius 3 is 0.909 bits per heavy atom. The Morgan fingerprint density at radius 1 is 0.345 bits per heavy atom. The van der Waals surface area contributed by atoms with Crippen LogP contribution in [0.2, 0.25) is 0 Å². The molecule has 0 rings (SSSR count). The smallest absolute Gasteiger partial charge is 0.306 e. The minimum absolute atomic E-state index is 0.0682. The van der Waals surface area contributed by atoms with E-state index in [1.54, 1.807) is 0 Å². The average Bonchev–Trinajstić information content (AvgIpc) is 3.18. The van der Waals surface area contributed by atoms with E-state index in [1.807, 2.05) is 0 Å². The predicted octanol–water partition coefficient (Wildman–Crippen LogP) is 15.4. The van der Waals surface area contributed by atoms with Gasteiger partial charge in [-0.15, -0.1) is 0 Å². The number of carbonyl (C=O) groups excluding carboxylic acids is 3. The van der Waals surface area contributed by atoms with Gasteiger partial charge in [0.05, 0.1) is 0 Å². The lowest BCUT2D eigenvalue weighted by Gasteiger charge is -2.18. The molecule has 55 heavy (non-hydrogen) atoms. The first-order chi connectivity index (χ1) is 27.0. The predicted molar refractivity (Wildman–Crippen MR) is 233 cm³/mol. The van der Waals surface area contributed by atoms with E-state index in [2.05, 4.69) is 32.9 Å². The number of ether oxygens (including phenoxy) is 3. The molecule has 0 amide bonds. The van der Waals surface area contributed by atoms with E-state index in [0.717, 1.165) is 64.2 Å². The average molecular weight is 777 g/mol. The van der Waals surface area contributed by atoms with Crippen LogP contribution in [0.3, 0.4) is 0 Å². The molecule has 0 fully saturated rings. The summed E-state index contributed by atoms with van der Waals surface area (Å²) in [7, 11) is 0. The zero-order valence-electron chi connectivity index (χ0n) is 37.0. The highest BCUT2D eigenvalue weighted by Crippen LogP contribution is 2.15. The van der Waals surface area contributed by atoms with Gasteiger partial charge in [0.2, 0.25) is 0 Å². The Hall–Kier alpha value is -1.85. The van der Waals surface area contributed by atoms with Crippen molar-refractivity contribution in [3.8, 4) is 0 Å². The molecule has 0 bridgehead atoms. The minimum Gasteiger partial charge on any atom is -0.462 e. The van der Waals surface area contributed by atoms with Gasteiger partial charge in [-0.1, -0.05) is 213 Å². The molecule has 0 aliphatic rings. The second kappa shape index (κ2) is 44.9. The maximum Gasteiger partial charge on any atom is 0.306 e. The van der Waals surface area contributed by atoms with Crippen LogP contribution in [0.5, 0.6) is 0 Å². The minimum atomic E-state index is -0.764. The fourth-order valence-corrected chi connectivity index (χ4v) is 7.08. The standard InChI is InChI=1S/C49H92O6/c1-4-7-10-13-16-19-21-23-24-26-27-30-33-36-39-42-48(51)54-45-46(44-53-47(50)41-38-35-32-29-18-15-12-9-6-3)55-49(52)43-40-37-34-31-28-25-22-20-17-14-11-8-5-2/h23-24,46H,4-22,25-45H2,1-3H3/b24-23-. The molecular weight excluding hydrogens is 685 g/mol. The molecule has 0 saturated carbocycles. The molecule has 324 valence electrons. The second-order valence-electron chi connectivity index (χ2n) is 16.4. The van der Waals surface area contributed by atoms with Gasteiger partial charge in [-0.25, -0.2) is 0 Å². The molecule has 1 unspecified atom stereocenters. The summed E-state index contributed by atoms with van der Waals surface area (Å²) in [5.41, 5.74) is 0. The SMILES string of the molecule is CCCCCCCC/C=C\CCCCCCCC(=O)OCC(COC(=O)CCCCCCCCCCC)OC(=O)CCCCCCCCCCCCCCC. The Labute approximate surface area is 341 Å². The largest absolute Gasteiger partial charge is 0.462 e. The fraction of sp³-hybridized carbons (Fsp3) is 0.898. The maximum atomic E-state index is 12.7. The van der Waals surface area contributed by atoms with Crippen molar-refractivity contribution < 1.29 is 28.6 Å². The van der Waals surface area contributed by atoms with Gasteiger partial charge in [-0.3, -0.25) is 14.4 Å². The first-order valence-electron chi connectivity index (χ1n) is 24.2. The first-order valence-corrected chi connectivity index (χ1v) is 24.2. The van der Waals surface area contributed by atoms with Crippen molar-refractivity contribution >= 4 is 17.9 Å². The molecule has 0 spiro atoms. The molecule has 0 aromatic rings. The van der Waals surface area contributed by atoms with E-state index >= 15 is 0 Å². The molecule has 0 aromatic carbocycles. The molecular formula is C49H92O6. The molecule has 0 aromatic heterocycles. The van der Waals surface area contributed by atoms with Gasteiger partial charge in [0.1, 0.15) is 13.2 Å². The van der Waals surface area contributed by atoms with Crippen molar-refractivity contribution in [1.29, 1.82) is 0 Å². The number of hydrogen-bond acceptors (Lipinski definition) is 6. The lowest BCUT2D eigenvalue weighted by atomic mass is 10.0. The van der Waals surface area contributed by atoms with E-state index in [-0.39, 0.29) is 31.1 Å². The highest BCUT2D eigenvalue weighted by Gasteiger charge is 2.19. The zero-order valence-corrected chi connectivity index (χ0v) is 37.0. The lowest BCUT2D eigenvalue weighted by molar-refractivity contribution is -0.167. The van der Waals surface area contributed by atoms with E-state index < -0.39 is 6.10 Å². The van der Waals surface area contributed by atoms with Gasteiger partial charge in [0.15, 0.2) is 6.10 Å². The number of carbonyl (C=O) groups is 3. The van der Waals surface area contributed by atoms with Crippen LogP contribution in [0.25, 0.3) is 0 Å². The highest BCUT2D eigenvalue weighted by molar-refractivity contribution is 5.71. The van der Waals surface area contributed by atoms with Crippen LogP contribution in [-0.4, -0.2) is 37.2 Å². The summed E-state index contributed by atoms with van der Waals surface area (Å²) in [5.74, 6) is -0.868. The van der Waals surface area contributed by atoms with Gasteiger partial charge in [-0.05, 0) is 44.9 Å². The quantitative estimate of drug-likeness (QED) is 0.0265. The van der Waals surface area contributed by atoms with E-state index in [0.29, 0.717) is 19.3 Å². The van der Waals surface area contributed by atoms with E-state index in [4.69, 9.17) is 14.2 Å². The fourth-order valence-electron chi connectivity index (χ4n) is 7.08. The van der Waals surface area contributed by atoms with Gasteiger partial charge >= 0.3 is 17.9 Å². The zero-order chi connectivity index (χ0) is 40.1. The molecule has 0 N–H and O–H groups in total. The summed E-state index contributed by atoms with van der Waals surface area (Å²) in [4.78, 5) is 37.7. The number of rotatable bonds is 44. The van der Waals surface area contributed by atoms with Crippen LogP contribution in [0.1, 0.15) is 265 Å². The van der Waals surface area contributed by atoms with Crippen LogP contribution < -0.4 is 0 Å². The summed E-state index contributed by atoms with van der Waals surface area (Å²) in [6.45, 7) is 6.62. The summed E-state index contributed by atoms with van der Waals surface area (Å²) in [5, 5.41) is 0. The summed E-state index contributed by atoms with van der Waals surface area (Å²) in [6.07, 6.45) is 47.6. The van der Waals surface area contributed by atoms with Crippen LogP contribution in [0.15, 0.2) is 12.2 Å². The summed E-state index contributed by atoms with van der Waals surface area (Å²) < 4.78 is 16.7. The topological polar surface area (TPSA) is 78.9 Å². The molecule has 0 radical (unpaired) electrons. The Balaban J connectivity index is 4.31. The van der Waals surface area contributed by atoms with Gasteiger partial charge in [-0.2, -0.15) is 0 Å². The Bertz CT molecular complexity index is 854. The molecule has 0 saturated heterocycles. The number of unbranched alkanes of at least 4 members (excludes halogenated alkanes) is 31. The third-order valence-corrected chi connectivity index (χ3v) is 10.8. The van der Waals surface area contributed by atoms with Crippen molar-refractivity contribution in [2.45, 2.75) is 271 Å². The summed E-state index contributed by atoms with van der Waals surface area (Å²) in [6, 6.07) is 0. The van der Waals surface area contributed by atoms with Crippen molar-refractivity contribution in [2.24, 2.45) is 0 Å². The molecule has 0 aliphatic heterocycles. The number of allylic oxidation sites excluding steroid dienone is 2. The van der Waals surface area contributed by atoms with Crippen molar-refractivity contribution in [2.75, 3.05) is 13.2 Å². The van der Waals surface area contributed by atoms with Crippen LogP contribution in [-0.2, 0) is 28.6 Å². The van der Waals surface area contributed by atoms with Crippen molar-refractivity contribution in [3.63, 3.8) is 0 Å². The van der Waals surface area contributed by atoms with E-state index in [9.17, 15) is 14.4 Å². The van der Waals surface area contributed by atoms with Crippen LogP contribution in [0.4, 0.5) is 0 Å². The van der Waals surface area contributed by atoms with Gasteiger partial charge in [0.25, 0.3) is 0 Å². The van der Waals surface area contributed by atoms with Crippen LogP contribution in [0, 0.1) is 0 Å². The van der Waals surface area contributed by atoms with E-state index in [1.165, 1.54) is 161 Å². The van der Waals surface area contributed by atoms with Crippen molar-refractivity contribution in [1.82, 2.24) is 0 Å². The number of hydrogen-bond donors (Lipinski definition) is 0. The first kappa shape index (κ1) is 53.1. The lowest BCUT2D eigenvalue weighted by Crippen LogP contribution is -2.30. The third kappa shape index (κ3) is 43.1. The van der Waals surface area contributed by atoms with Crippen LogP contribution >= 0.6 is 0 Å². The Kier molecular flexibility index (Phi) is 43.4. The highest BCUT2D eigenvalue weighted by atomic mass is 16.6. The third-order valence-electron chi connectivity index (χ3n) is 10.8. The molecule has 0 aliphatic carbocycles. The van der Waals surface area contributed by atoms with Gasteiger partial charge < -0.3 is 14.2 Å².